The second kappa shape index (κ2) is 6.25. The van der Waals surface area contributed by atoms with Crippen LogP contribution in [0.4, 0.5) is 0 Å². The maximum absolute atomic E-state index is 6.22. The molecule has 3 rings (SSSR count). The summed E-state index contributed by atoms with van der Waals surface area (Å²) in [6, 6.07) is 21.3. The number of ether oxygens (including phenoxy) is 1. The summed E-state index contributed by atoms with van der Waals surface area (Å²) in [5, 5.41) is 3.44. The van der Waals surface area contributed by atoms with Crippen LogP contribution in [0.2, 0.25) is 0 Å². The molecule has 1 aliphatic rings. The fourth-order valence-corrected chi connectivity index (χ4v) is 2.69. The van der Waals surface area contributed by atoms with E-state index < -0.39 is 0 Å². The van der Waals surface area contributed by atoms with Crippen molar-refractivity contribution in [3.63, 3.8) is 0 Å². The molecule has 2 nitrogen and oxygen atoms in total. The van der Waals surface area contributed by atoms with Gasteiger partial charge in [-0.3, -0.25) is 5.32 Å². The SMILES string of the molecule is CC(C)NC1C=C(c2ccccc2)C(c2ccccc2)O1. The molecular weight excluding hydrogens is 258 g/mol. The minimum absolute atomic E-state index is 0.00940. The summed E-state index contributed by atoms with van der Waals surface area (Å²) in [5.74, 6) is 0. The van der Waals surface area contributed by atoms with Gasteiger partial charge in [-0.25, -0.2) is 0 Å². The molecule has 0 saturated carbocycles. The van der Waals surface area contributed by atoms with Crippen LogP contribution in [0.1, 0.15) is 31.1 Å². The Kier molecular flexibility index (Phi) is 4.18. The largest absolute Gasteiger partial charge is 0.347 e. The lowest BCUT2D eigenvalue weighted by Crippen LogP contribution is -2.33. The summed E-state index contributed by atoms with van der Waals surface area (Å²) in [7, 11) is 0. The average Bonchev–Trinajstić information content (AvgIpc) is 2.92. The zero-order valence-electron chi connectivity index (χ0n) is 12.5. The first-order valence-electron chi connectivity index (χ1n) is 7.47. The lowest BCUT2D eigenvalue weighted by Gasteiger charge is -2.19. The van der Waals surface area contributed by atoms with E-state index in [0.717, 1.165) is 0 Å². The van der Waals surface area contributed by atoms with Crippen molar-refractivity contribution in [2.75, 3.05) is 0 Å². The fraction of sp³-hybridized carbons (Fsp3) is 0.263. The number of hydrogen-bond acceptors (Lipinski definition) is 2. The second-order valence-electron chi connectivity index (χ2n) is 5.66. The van der Waals surface area contributed by atoms with Gasteiger partial charge in [0.25, 0.3) is 0 Å². The van der Waals surface area contributed by atoms with Crippen molar-refractivity contribution in [2.24, 2.45) is 0 Å². The van der Waals surface area contributed by atoms with E-state index >= 15 is 0 Å². The van der Waals surface area contributed by atoms with Crippen molar-refractivity contribution in [2.45, 2.75) is 32.2 Å². The van der Waals surface area contributed by atoms with Crippen LogP contribution in [0.5, 0.6) is 0 Å². The van der Waals surface area contributed by atoms with E-state index in [2.05, 4.69) is 73.8 Å². The third-order valence-electron chi connectivity index (χ3n) is 3.60. The highest BCUT2D eigenvalue weighted by Crippen LogP contribution is 2.39. The van der Waals surface area contributed by atoms with Crippen molar-refractivity contribution >= 4 is 5.57 Å². The van der Waals surface area contributed by atoms with E-state index in [1.54, 1.807) is 0 Å². The number of rotatable bonds is 4. The van der Waals surface area contributed by atoms with Gasteiger partial charge in [-0.2, -0.15) is 0 Å². The first-order valence-corrected chi connectivity index (χ1v) is 7.47. The topological polar surface area (TPSA) is 21.3 Å². The molecule has 1 N–H and O–H groups in total. The second-order valence-corrected chi connectivity index (χ2v) is 5.66. The first-order chi connectivity index (χ1) is 10.2. The number of benzene rings is 2. The van der Waals surface area contributed by atoms with Crippen molar-refractivity contribution in [3.8, 4) is 0 Å². The van der Waals surface area contributed by atoms with Crippen LogP contribution >= 0.6 is 0 Å². The van der Waals surface area contributed by atoms with Gasteiger partial charge in [0, 0.05) is 6.04 Å². The minimum atomic E-state index is -0.0367. The Balaban J connectivity index is 1.94. The molecule has 2 unspecified atom stereocenters. The van der Waals surface area contributed by atoms with Crippen molar-refractivity contribution in [1.29, 1.82) is 0 Å². The van der Waals surface area contributed by atoms with E-state index in [4.69, 9.17) is 4.74 Å². The average molecular weight is 279 g/mol. The van der Waals surface area contributed by atoms with Gasteiger partial charge in [0.15, 0.2) is 0 Å². The molecule has 0 fully saturated rings. The summed E-state index contributed by atoms with van der Waals surface area (Å²) in [4.78, 5) is 0. The quantitative estimate of drug-likeness (QED) is 0.907. The van der Waals surface area contributed by atoms with Crippen molar-refractivity contribution in [1.82, 2.24) is 5.32 Å². The Hall–Kier alpha value is -1.90. The molecule has 0 aromatic heterocycles. The fourth-order valence-electron chi connectivity index (χ4n) is 2.69. The highest BCUT2D eigenvalue weighted by Gasteiger charge is 2.29. The Labute approximate surface area is 126 Å². The highest BCUT2D eigenvalue weighted by molar-refractivity contribution is 5.72. The molecule has 0 radical (unpaired) electrons. The van der Waals surface area contributed by atoms with Gasteiger partial charge in [-0.1, -0.05) is 60.7 Å². The van der Waals surface area contributed by atoms with Crippen molar-refractivity contribution < 1.29 is 4.74 Å². The lowest BCUT2D eigenvalue weighted by atomic mass is 9.96. The van der Waals surface area contributed by atoms with Gasteiger partial charge < -0.3 is 4.74 Å². The molecule has 1 heterocycles. The molecular formula is C19H21NO. The molecule has 0 amide bonds. The lowest BCUT2D eigenvalue weighted by molar-refractivity contribution is 0.0389. The van der Waals surface area contributed by atoms with Gasteiger partial charge in [0.2, 0.25) is 0 Å². The summed E-state index contributed by atoms with van der Waals surface area (Å²) in [6.45, 7) is 4.27. The van der Waals surface area contributed by atoms with Crippen molar-refractivity contribution in [3.05, 3.63) is 77.9 Å². The first kappa shape index (κ1) is 14.1. The zero-order valence-corrected chi connectivity index (χ0v) is 12.5. The Morgan fingerprint density at radius 3 is 2.14 bits per heavy atom. The van der Waals surface area contributed by atoms with Crippen LogP contribution in [-0.2, 0) is 4.74 Å². The Morgan fingerprint density at radius 2 is 1.52 bits per heavy atom. The van der Waals surface area contributed by atoms with Crippen LogP contribution in [0, 0.1) is 0 Å². The minimum Gasteiger partial charge on any atom is -0.347 e. The molecule has 0 bridgehead atoms. The van der Waals surface area contributed by atoms with Gasteiger partial charge in [-0.15, -0.1) is 0 Å². The molecule has 0 spiro atoms. The Bertz CT molecular complexity index is 604. The van der Waals surface area contributed by atoms with E-state index in [9.17, 15) is 0 Å². The predicted molar refractivity (Wildman–Crippen MR) is 86.7 cm³/mol. The molecule has 2 heteroatoms. The maximum atomic E-state index is 6.22. The third kappa shape index (κ3) is 3.23. The van der Waals surface area contributed by atoms with Crippen LogP contribution in [0.3, 0.4) is 0 Å². The van der Waals surface area contributed by atoms with E-state index in [1.807, 2.05) is 12.1 Å². The van der Waals surface area contributed by atoms with Crippen LogP contribution < -0.4 is 5.32 Å². The summed E-state index contributed by atoms with van der Waals surface area (Å²) in [6.07, 6.45) is 2.16. The highest BCUT2D eigenvalue weighted by atomic mass is 16.5. The zero-order chi connectivity index (χ0) is 14.7. The predicted octanol–water partition coefficient (Wildman–Crippen LogP) is 4.17. The molecule has 21 heavy (non-hydrogen) atoms. The van der Waals surface area contributed by atoms with Crippen LogP contribution in [0.25, 0.3) is 5.57 Å². The van der Waals surface area contributed by atoms with Gasteiger partial charge >= 0.3 is 0 Å². The van der Waals surface area contributed by atoms with E-state index in [-0.39, 0.29) is 12.3 Å². The molecule has 2 aromatic carbocycles. The summed E-state index contributed by atoms with van der Waals surface area (Å²) in [5.41, 5.74) is 3.65. The Morgan fingerprint density at radius 1 is 0.905 bits per heavy atom. The van der Waals surface area contributed by atoms with Crippen LogP contribution in [0.15, 0.2) is 66.7 Å². The molecule has 0 aliphatic carbocycles. The van der Waals surface area contributed by atoms with Crippen LogP contribution in [-0.4, -0.2) is 12.3 Å². The summed E-state index contributed by atoms with van der Waals surface area (Å²) < 4.78 is 6.22. The van der Waals surface area contributed by atoms with Gasteiger partial charge in [0.1, 0.15) is 12.3 Å². The van der Waals surface area contributed by atoms with Gasteiger partial charge in [0.05, 0.1) is 0 Å². The third-order valence-corrected chi connectivity index (χ3v) is 3.60. The molecule has 2 aromatic rings. The standard InChI is InChI=1S/C19H21NO/c1-14(2)20-18-13-17(15-9-5-3-6-10-15)19(21-18)16-11-7-4-8-12-16/h3-14,18-20H,1-2H3. The summed E-state index contributed by atoms with van der Waals surface area (Å²) >= 11 is 0. The van der Waals surface area contributed by atoms with Gasteiger partial charge in [-0.05, 0) is 36.6 Å². The molecule has 108 valence electrons. The molecule has 1 aliphatic heterocycles. The normalized spacial score (nSPS) is 21.6. The smallest absolute Gasteiger partial charge is 0.129 e. The van der Waals surface area contributed by atoms with E-state index in [0.29, 0.717) is 6.04 Å². The monoisotopic (exact) mass is 279 g/mol. The maximum Gasteiger partial charge on any atom is 0.129 e. The molecule has 2 atom stereocenters. The molecule has 0 saturated heterocycles. The number of hydrogen-bond donors (Lipinski definition) is 1. The number of nitrogens with one attached hydrogen (secondary N) is 1. The van der Waals surface area contributed by atoms with E-state index in [1.165, 1.54) is 16.7 Å².